The van der Waals surface area contributed by atoms with Gasteiger partial charge in [0.25, 0.3) is 0 Å². The van der Waals surface area contributed by atoms with E-state index in [0.717, 1.165) is 11.3 Å². The number of unbranched alkanes of at least 4 members (excludes halogenated alkanes) is 1. The van der Waals surface area contributed by atoms with Crippen LogP contribution in [0, 0.1) is 0 Å². The number of carbonyl (C=O) groups excluding carboxylic acids is 2. The zero-order chi connectivity index (χ0) is 19.9. The highest BCUT2D eigenvalue weighted by Gasteiger charge is 2.43. The Kier molecular flexibility index (Phi) is 7.21. The van der Waals surface area contributed by atoms with E-state index < -0.39 is 11.9 Å². The van der Waals surface area contributed by atoms with Crippen LogP contribution < -0.4 is 10.1 Å². The molecule has 2 aliphatic rings. The maximum Gasteiger partial charge on any atom is 0.355 e. The van der Waals surface area contributed by atoms with Gasteiger partial charge in [0, 0.05) is 29.2 Å². The number of fused-ring (bicyclic) bond motifs is 1. The quantitative estimate of drug-likeness (QED) is 0.146. The van der Waals surface area contributed by atoms with E-state index in [9.17, 15) is 14.4 Å². The summed E-state index contributed by atoms with van der Waals surface area (Å²) in [6.45, 7) is 0.686. The van der Waals surface area contributed by atoms with Gasteiger partial charge in [-0.15, -0.1) is 11.8 Å². The first kappa shape index (κ1) is 20.5. The lowest BCUT2D eigenvalue weighted by molar-refractivity contribution is -0.650. The number of aliphatic carboxylic acids is 1. The number of aromatic nitrogens is 1. The molecule has 2 N–H and O–H groups in total. The van der Waals surface area contributed by atoms with Gasteiger partial charge in [-0.25, -0.2) is 4.79 Å². The zero-order valence-electron chi connectivity index (χ0n) is 15.2. The summed E-state index contributed by atoms with van der Waals surface area (Å²) in [5.41, 5.74) is 3.52. The number of hydrogen-bond acceptors (Lipinski definition) is 7. The smallest absolute Gasteiger partial charge is 0.355 e. The highest BCUT2D eigenvalue weighted by molar-refractivity contribution is 8.00. The van der Waals surface area contributed by atoms with Crippen molar-refractivity contribution in [2.24, 2.45) is 0 Å². The third-order valence-corrected chi connectivity index (χ3v) is 6.23. The van der Waals surface area contributed by atoms with Crippen LogP contribution >= 0.6 is 23.5 Å². The van der Waals surface area contributed by atoms with Crippen molar-refractivity contribution in [2.45, 2.75) is 36.0 Å². The van der Waals surface area contributed by atoms with Crippen LogP contribution in [0.5, 0.6) is 0 Å². The number of carboxylic acid groups (broad SMARTS) is 1. The monoisotopic (exact) mass is 424 g/mol. The fourth-order valence-electron chi connectivity index (χ4n) is 2.78. The second-order valence-corrected chi connectivity index (χ2v) is 8.45. The van der Waals surface area contributed by atoms with E-state index in [1.165, 1.54) is 16.7 Å². The fraction of sp³-hybridized carbons (Fsp3) is 0.444. The Morgan fingerprint density at radius 3 is 2.86 bits per heavy atom. The fourth-order valence-corrected chi connectivity index (χ4v) is 4.51. The molecule has 0 aromatic carbocycles. The third kappa shape index (κ3) is 5.41. The molecule has 10 heteroatoms. The molecular weight excluding hydrogens is 402 g/mol. The van der Waals surface area contributed by atoms with Crippen LogP contribution in [0.3, 0.4) is 0 Å². The summed E-state index contributed by atoms with van der Waals surface area (Å²) < 4.78 is 7.11. The van der Waals surface area contributed by atoms with Crippen LogP contribution in [0.2, 0.25) is 0 Å². The Hall–Kier alpha value is -2.20. The number of hydrogen-bond donors (Lipinski definition) is 2. The standard InChI is InChI=1S/C18H21N3O5S2/c22-15-11-16-21(15)14(6-10-27-16)18(25)26-12-28-13-4-8-20(9-5-13)19-7-2-1-3-17(23)24/h4-6,8-9,16,19H,1-3,7,10-12H2/p+1/t16-/m0/s1. The number of β-lactam (4-membered cyclic amide) rings is 1. The summed E-state index contributed by atoms with van der Waals surface area (Å²) in [6.07, 6.45) is 7.54. The van der Waals surface area contributed by atoms with Crippen LogP contribution in [0.4, 0.5) is 0 Å². The molecule has 1 atom stereocenters. The normalized spacial score (nSPS) is 18.0. The summed E-state index contributed by atoms with van der Waals surface area (Å²) in [6, 6.07) is 3.79. The second-order valence-electron chi connectivity index (χ2n) is 6.24. The topological polar surface area (TPSA) is 99.8 Å². The molecule has 1 fully saturated rings. The van der Waals surface area contributed by atoms with Crippen LogP contribution in [0.25, 0.3) is 0 Å². The Bertz CT molecular complexity index is 769. The van der Waals surface area contributed by atoms with Crippen molar-refractivity contribution < 1.29 is 28.9 Å². The van der Waals surface area contributed by atoms with Crippen molar-refractivity contribution in [3.8, 4) is 0 Å². The van der Waals surface area contributed by atoms with Gasteiger partial charge >= 0.3 is 11.9 Å². The largest absolute Gasteiger partial charge is 0.481 e. The lowest BCUT2D eigenvalue weighted by Crippen LogP contribution is -2.53. The van der Waals surface area contributed by atoms with Gasteiger partial charge in [-0.1, -0.05) is 16.4 Å². The average Bonchev–Trinajstić information content (AvgIpc) is 2.67. The van der Waals surface area contributed by atoms with E-state index in [-0.39, 0.29) is 23.6 Å². The van der Waals surface area contributed by atoms with Crippen LogP contribution in [-0.4, -0.2) is 51.5 Å². The number of ether oxygens (including phenoxy) is 1. The number of carbonyl (C=O) groups is 3. The molecule has 2 aliphatic heterocycles. The van der Waals surface area contributed by atoms with Crippen molar-refractivity contribution >= 4 is 41.4 Å². The molecular formula is C18H22N3O5S2+. The number of nitrogens with zero attached hydrogens (tertiary/aromatic N) is 2. The third-order valence-electron chi connectivity index (χ3n) is 4.27. The molecule has 1 saturated heterocycles. The Morgan fingerprint density at radius 1 is 1.36 bits per heavy atom. The first-order valence-corrected chi connectivity index (χ1v) is 11.0. The molecule has 0 aliphatic carbocycles. The maximum atomic E-state index is 12.2. The Labute approximate surface area is 171 Å². The molecule has 3 heterocycles. The van der Waals surface area contributed by atoms with E-state index in [2.05, 4.69) is 5.43 Å². The summed E-state index contributed by atoms with van der Waals surface area (Å²) >= 11 is 3.04. The number of carboxylic acids is 1. The SMILES string of the molecule is O=C(O)CCCCN[n+]1ccc(SCOC(=O)C2=CCS[C@H]3CC(=O)N23)cc1. The zero-order valence-corrected chi connectivity index (χ0v) is 16.8. The van der Waals surface area contributed by atoms with Crippen LogP contribution in [0.15, 0.2) is 41.2 Å². The molecule has 3 rings (SSSR count). The van der Waals surface area contributed by atoms with Crippen LogP contribution in [-0.2, 0) is 19.1 Å². The molecule has 150 valence electrons. The van der Waals surface area contributed by atoms with E-state index >= 15 is 0 Å². The van der Waals surface area contributed by atoms with Gasteiger partial charge in [0.05, 0.1) is 18.3 Å². The first-order chi connectivity index (χ1) is 13.5. The molecule has 0 saturated carbocycles. The minimum Gasteiger partial charge on any atom is -0.481 e. The van der Waals surface area contributed by atoms with Gasteiger partial charge in [0.1, 0.15) is 11.6 Å². The van der Waals surface area contributed by atoms with Gasteiger partial charge in [-0.2, -0.15) is 5.43 Å². The first-order valence-electron chi connectivity index (χ1n) is 8.95. The lowest BCUT2D eigenvalue weighted by atomic mass is 10.1. The number of pyridine rings is 1. The van der Waals surface area contributed by atoms with Crippen molar-refractivity contribution in [1.82, 2.24) is 4.90 Å². The van der Waals surface area contributed by atoms with Crippen LogP contribution in [0.1, 0.15) is 25.7 Å². The molecule has 1 aromatic rings. The highest BCUT2D eigenvalue weighted by atomic mass is 32.2. The van der Waals surface area contributed by atoms with Crippen molar-refractivity contribution in [3.63, 3.8) is 0 Å². The van der Waals surface area contributed by atoms with E-state index in [4.69, 9.17) is 9.84 Å². The van der Waals surface area contributed by atoms with Gasteiger partial charge in [-0.05, 0) is 18.9 Å². The predicted molar refractivity (Wildman–Crippen MR) is 105 cm³/mol. The van der Waals surface area contributed by atoms with Crippen molar-refractivity contribution in [3.05, 3.63) is 36.3 Å². The Morgan fingerprint density at radius 2 is 2.14 bits per heavy atom. The number of amides is 1. The summed E-state index contributed by atoms with van der Waals surface area (Å²) in [7, 11) is 0. The average molecular weight is 425 g/mol. The molecule has 0 radical (unpaired) electrons. The maximum absolute atomic E-state index is 12.2. The minimum atomic E-state index is -0.773. The summed E-state index contributed by atoms with van der Waals surface area (Å²) in [4.78, 5) is 36.8. The molecule has 28 heavy (non-hydrogen) atoms. The van der Waals surface area contributed by atoms with Crippen molar-refractivity contribution in [2.75, 3.05) is 23.7 Å². The summed E-state index contributed by atoms with van der Waals surface area (Å²) in [5.74, 6) is -0.378. The molecule has 1 amide bonds. The minimum absolute atomic E-state index is 0.0314. The van der Waals surface area contributed by atoms with Crippen molar-refractivity contribution in [1.29, 1.82) is 0 Å². The van der Waals surface area contributed by atoms with E-state index in [1.54, 1.807) is 22.5 Å². The van der Waals surface area contributed by atoms with Gasteiger partial charge < -0.3 is 9.84 Å². The van der Waals surface area contributed by atoms with E-state index in [1.807, 2.05) is 24.5 Å². The number of esters is 1. The molecule has 1 aromatic heterocycles. The predicted octanol–water partition coefficient (Wildman–Crippen LogP) is 1.55. The molecule has 0 bridgehead atoms. The lowest BCUT2D eigenvalue weighted by Gasteiger charge is -2.42. The Balaban J connectivity index is 1.37. The number of thioether (sulfide) groups is 2. The molecule has 8 nitrogen and oxygen atoms in total. The molecule has 0 spiro atoms. The van der Waals surface area contributed by atoms with Gasteiger partial charge in [0.15, 0.2) is 0 Å². The van der Waals surface area contributed by atoms with E-state index in [0.29, 0.717) is 30.8 Å². The summed E-state index contributed by atoms with van der Waals surface area (Å²) in [5, 5.41) is 8.68. The number of nitrogens with one attached hydrogen (secondary N) is 1. The molecule has 0 unspecified atom stereocenters. The second kappa shape index (κ2) is 9.83. The van der Waals surface area contributed by atoms with Gasteiger partial charge in [0.2, 0.25) is 18.3 Å². The highest BCUT2D eigenvalue weighted by Crippen LogP contribution is 2.37. The van der Waals surface area contributed by atoms with Gasteiger partial charge in [-0.3, -0.25) is 14.5 Å². The number of rotatable bonds is 10.